The summed E-state index contributed by atoms with van der Waals surface area (Å²) < 4.78 is 5.36. The van der Waals surface area contributed by atoms with E-state index >= 15 is 0 Å². The van der Waals surface area contributed by atoms with E-state index in [9.17, 15) is 9.59 Å². The molecule has 2 aromatic heterocycles. The Kier molecular flexibility index (Phi) is 6.37. The van der Waals surface area contributed by atoms with Gasteiger partial charge in [0.05, 0.1) is 23.5 Å². The van der Waals surface area contributed by atoms with Crippen LogP contribution in [-0.4, -0.2) is 31.9 Å². The van der Waals surface area contributed by atoms with Gasteiger partial charge in [-0.3, -0.25) is 4.79 Å². The SMILES string of the molecule is Cc1ccc(NC(=O)Cc2nc(COC(=O)c3nn(-c4ccccc4)nc3C)cs2)cc1. The van der Waals surface area contributed by atoms with Gasteiger partial charge in [0.1, 0.15) is 11.6 Å². The van der Waals surface area contributed by atoms with Gasteiger partial charge >= 0.3 is 5.97 Å². The van der Waals surface area contributed by atoms with Crippen molar-refractivity contribution in [3.05, 3.63) is 87.6 Å². The number of ether oxygens (including phenoxy) is 1. The van der Waals surface area contributed by atoms with Gasteiger partial charge in [0.2, 0.25) is 5.91 Å². The molecule has 4 rings (SSSR count). The Labute approximate surface area is 188 Å². The summed E-state index contributed by atoms with van der Waals surface area (Å²) in [7, 11) is 0. The molecule has 0 saturated heterocycles. The molecule has 32 heavy (non-hydrogen) atoms. The van der Waals surface area contributed by atoms with Crippen LogP contribution in [0.3, 0.4) is 0 Å². The first kappa shape index (κ1) is 21.4. The molecular formula is C23H21N5O3S. The van der Waals surface area contributed by atoms with E-state index in [0.29, 0.717) is 16.4 Å². The Morgan fingerprint density at radius 2 is 1.78 bits per heavy atom. The Morgan fingerprint density at radius 1 is 1.03 bits per heavy atom. The maximum absolute atomic E-state index is 12.5. The quantitative estimate of drug-likeness (QED) is 0.432. The fourth-order valence-corrected chi connectivity index (χ4v) is 3.71. The van der Waals surface area contributed by atoms with Crippen LogP contribution in [0.15, 0.2) is 60.0 Å². The number of anilines is 1. The molecule has 0 bridgehead atoms. The molecule has 2 aromatic carbocycles. The number of aryl methyl sites for hydroxylation is 2. The lowest BCUT2D eigenvalue weighted by Gasteiger charge is -2.04. The summed E-state index contributed by atoms with van der Waals surface area (Å²) in [6, 6.07) is 16.9. The summed E-state index contributed by atoms with van der Waals surface area (Å²) in [5.41, 5.74) is 3.83. The predicted molar refractivity (Wildman–Crippen MR) is 121 cm³/mol. The van der Waals surface area contributed by atoms with E-state index < -0.39 is 5.97 Å². The molecule has 2 heterocycles. The van der Waals surface area contributed by atoms with Gasteiger partial charge in [-0.05, 0) is 38.1 Å². The Balaban J connectivity index is 1.32. The second-order valence-electron chi connectivity index (χ2n) is 7.16. The van der Waals surface area contributed by atoms with Crippen molar-refractivity contribution in [1.82, 2.24) is 20.0 Å². The van der Waals surface area contributed by atoms with E-state index in [-0.39, 0.29) is 24.6 Å². The molecule has 162 valence electrons. The van der Waals surface area contributed by atoms with Gasteiger partial charge < -0.3 is 10.1 Å². The number of aromatic nitrogens is 4. The molecule has 0 unspecified atom stereocenters. The number of nitrogens with zero attached hydrogens (tertiary/aromatic N) is 4. The van der Waals surface area contributed by atoms with E-state index in [4.69, 9.17) is 4.74 Å². The van der Waals surface area contributed by atoms with E-state index in [1.165, 1.54) is 16.1 Å². The van der Waals surface area contributed by atoms with Crippen LogP contribution in [0, 0.1) is 13.8 Å². The summed E-state index contributed by atoms with van der Waals surface area (Å²) in [5, 5.41) is 13.8. The van der Waals surface area contributed by atoms with E-state index in [1.54, 1.807) is 12.3 Å². The molecule has 0 aliphatic heterocycles. The highest BCUT2D eigenvalue weighted by molar-refractivity contribution is 7.09. The minimum atomic E-state index is -0.573. The van der Waals surface area contributed by atoms with E-state index in [1.807, 2.05) is 61.5 Å². The van der Waals surface area contributed by atoms with E-state index in [2.05, 4.69) is 20.5 Å². The van der Waals surface area contributed by atoms with Gasteiger partial charge in [0.15, 0.2) is 5.69 Å². The summed E-state index contributed by atoms with van der Waals surface area (Å²) in [5.74, 6) is -0.726. The lowest BCUT2D eigenvalue weighted by Crippen LogP contribution is -2.14. The highest BCUT2D eigenvalue weighted by Gasteiger charge is 2.18. The lowest BCUT2D eigenvalue weighted by molar-refractivity contribution is -0.115. The van der Waals surface area contributed by atoms with E-state index in [0.717, 1.165) is 16.9 Å². The average Bonchev–Trinajstić information content (AvgIpc) is 3.40. The number of nitrogens with one attached hydrogen (secondary N) is 1. The smallest absolute Gasteiger partial charge is 0.361 e. The van der Waals surface area contributed by atoms with Gasteiger partial charge in [-0.2, -0.15) is 9.90 Å². The van der Waals surface area contributed by atoms with Gasteiger partial charge in [0.25, 0.3) is 0 Å². The van der Waals surface area contributed by atoms with Crippen LogP contribution in [0.5, 0.6) is 0 Å². The zero-order chi connectivity index (χ0) is 22.5. The standard InChI is InChI=1S/C23H21N5O3S/c1-15-8-10-17(11-9-15)24-20(29)12-21-25-18(14-32-21)13-31-23(30)22-16(2)26-28(27-22)19-6-4-3-5-7-19/h3-11,14H,12-13H2,1-2H3,(H,24,29). The van der Waals surface area contributed by atoms with Crippen molar-refractivity contribution in [2.45, 2.75) is 26.9 Å². The van der Waals surface area contributed by atoms with Crippen molar-refractivity contribution in [3.8, 4) is 5.69 Å². The highest BCUT2D eigenvalue weighted by atomic mass is 32.1. The molecule has 0 spiro atoms. The number of hydrogen-bond acceptors (Lipinski definition) is 7. The largest absolute Gasteiger partial charge is 0.454 e. The van der Waals surface area contributed by atoms with Crippen LogP contribution >= 0.6 is 11.3 Å². The minimum Gasteiger partial charge on any atom is -0.454 e. The first-order valence-corrected chi connectivity index (χ1v) is 10.8. The molecule has 0 atom stereocenters. The number of amides is 1. The Hall–Kier alpha value is -3.85. The molecule has 8 nitrogen and oxygen atoms in total. The van der Waals surface area contributed by atoms with Gasteiger partial charge in [-0.25, -0.2) is 9.78 Å². The second-order valence-corrected chi connectivity index (χ2v) is 8.10. The molecule has 4 aromatic rings. The Morgan fingerprint density at radius 3 is 2.53 bits per heavy atom. The van der Waals surface area contributed by atoms with Gasteiger partial charge in [0, 0.05) is 11.1 Å². The van der Waals surface area contributed by atoms with Gasteiger partial charge in [-0.15, -0.1) is 16.4 Å². The van der Waals surface area contributed by atoms with Crippen molar-refractivity contribution in [3.63, 3.8) is 0 Å². The molecule has 0 radical (unpaired) electrons. The number of para-hydroxylation sites is 1. The minimum absolute atomic E-state index is 0.00739. The molecule has 0 aliphatic rings. The monoisotopic (exact) mass is 447 g/mol. The van der Waals surface area contributed by atoms with Crippen LogP contribution < -0.4 is 5.32 Å². The number of esters is 1. The number of carbonyl (C=O) groups excluding carboxylic acids is 2. The summed E-state index contributed by atoms with van der Waals surface area (Å²) in [6.45, 7) is 3.69. The third kappa shape index (κ3) is 5.25. The summed E-state index contributed by atoms with van der Waals surface area (Å²) >= 11 is 1.35. The van der Waals surface area contributed by atoms with Crippen molar-refractivity contribution >= 4 is 28.9 Å². The normalized spacial score (nSPS) is 10.7. The number of hydrogen-bond donors (Lipinski definition) is 1. The Bertz CT molecular complexity index is 1230. The number of rotatable bonds is 7. The average molecular weight is 448 g/mol. The van der Waals surface area contributed by atoms with Crippen molar-refractivity contribution in [2.24, 2.45) is 0 Å². The molecule has 1 amide bonds. The first-order chi connectivity index (χ1) is 15.5. The van der Waals surface area contributed by atoms with Crippen LogP contribution in [-0.2, 0) is 22.6 Å². The van der Waals surface area contributed by atoms with Crippen molar-refractivity contribution in [2.75, 3.05) is 5.32 Å². The molecule has 0 saturated carbocycles. The third-order valence-electron chi connectivity index (χ3n) is 4.56. The van der Waals surface area contributed by atoms with Gasteiger partial charge in [-0.1, -0.05) is 35.9 Å². The maximum Gasteiger partial charge on any atom is 0.361 e. The van der Waals surface area contributed by atoms with Crippen molar-refractivity contribution in [1.29, 1.82) is 0 Å². The topological polar surface area (TPSA) is 99.0 Å². The fraction of sp³-hybridized carbons (Fsp3) is 0.174. The van der Waals surface area contributed by atoms with Crippen LogP contribution in [0.4, 0.5) is 5.69 Å². The number of benzene rings is 2. The molecule has 0 fully saturated rings. The molecule has 9 heteroatoms. The number of carbonyl (C=O) groups is 2. The fourth-order valence-electron chi connectivity index (χ4n) is 2.93. The third-order valence-corrected chi connectivity index (χ3v) is 5.46. The zero-order valence-electron chi connectivity index (χ0n) is 17.6. The molecular weight excluding hydrogens is 426 g/mol. The maximum atomic E-state index is 12.5. The molecule has 1 N–H and O–H groups in total. The number of thiazole rings is 1. The van der Waals surface area contributed by atoms with Crippen LogP contribution in [0.2, 0.25) is 0 Å². The summed E-state index contributed by atoms with van der Waals surface area (Å²) in [6.07, 6.45) is 0.150. The second kappa shape index (κ2) is 9.52. The highest BCUT2D eigenvalue weighted by Crippen LogP contribution is 2.15. The lowest BCUT2D eigenvalue weighted by atomic mass is 10.2. The summed E-state index contributed by atoms with van der Waals surface area (Å²) in [4.78, 5) is 30.5. The van der Waals surface area contributed by atoms with Crippen LogP contribution in [0.25, 0.3) is 5.69 Å². The zero-order valence-corrected chi connectivity index (χ0v) is 18.4. The van der Waals surface area contributed by atoms with Crippen LogP contribution in [0.1, 0.15) is 32.4 Å². The molecule has 0 aliphatic carbocycles. The predicted octanol–water partition coefficient (Wildman–Crippen LogP) is 3.88. The van der Waals surface area contributed by atoms with Crippen molar-refractivity contribution < 1.29 is 14.3 Å². The first-order valence-electron chi connectivity index (χ1n) is 9.94.